The van der Waals surface area contributed by atoms with E-state index in [1.165, 1.54) is 18.3 Å². The number of carbonyl (C=O) groups is 1. The molecule has 1 saturated carbocycles. The molecule has 0 spiro atoms. The van der Waals surface area contributed by atoms with Crippen LogP contribution in [0.4, 0.5) is 13.9 Å². The Kier molecular flexibility index (Phi) is 7.42. The average molecular weight is 473 g/mol. The van der Waals surface area contributed by atoms with Crippen LogP contribution in [0, 0.1) is 5.92 Å². The van der Waals surface area contributed by atoms with Crippen LogP contribution >= 0.6 is 22.9 Å². The number of hydrazine groups is 1. The van der Waals surface area contributed by atoms with E-state index in [2.05, 4.69) is 15.4 Å². The summed E-state index contributed by atoms with van der Waals surface area (Å²) in [4.78, 5) is 17.1. The summed E-state index contributed by atoms with van der Waals surface area (Å²) in [6.45, 7) is 0.0658. The van der Waals surface area contributed by atoms with Crippen LogP contribution in [0.25, 0.3) is 0 Å². The molecule has 0 radical (unpaired) electrons. The molecule has 1 aromatic carbocycles. The van der Waals surface area contributed by atoms with Gasteiger partial charge in [0, 0.05) is 25.5 Å². The van der Waals surface area contributed by atoms with E-state index >= 15 is 0 Å². The summed E-state index contributed by atoms with van der Waals surface area (Å²) >= 11 is 6.98. The van der Waals surface area contributed by atoms with Gasteiger partial charge in [-0.3, -0.25) is 9.80 Å². The Morgan fingerprint density at radius 3 is 2.71 bits per heavy atom. The number of ether oxygens (including phenoxy) is 1. The molecule has 12 heteroatoms. The first-order valence-corrected chi connectivity index (χ1v) is 10.6. The molecule has 0 bridgehead atoms. The fourth-order valence-electron chi connectivity index (χ4n) is 3.76. The first-order valence-electron chi connectivity index (χ1n) is 9.43. The van der Waals surface area contributed by atoms with Crippen LogP contribution in [0.3, 0.4) is 0 Å². The highest BCUT2D eigenvalue weighted by molar-refractivity contribution is 7.19. The van der Waals surface area contributed by atoms with Crippen molar-refractivity contribution in [1.29, 1.82) is 0 Å². The lowest BCUT2D eigenvalue weighted by atomic mass is 9.83. The Hall–Kier alpha value is -2.34. The van der Waals surface area contributed by atoms with Crippen LogP contribution < -0.4 is 17.0 Å². The van der Waals surface area contributed by atoms with Gasteiger partial charge in [-0.1, -0.05) is 47.2 Å². The Labute approximate surface area is 187 Å². The molecule has 8 nitrogen and oxygen atoms in total. The molecular weight excluding hydrogens is 450 g/mol. The molecule has 0 saturated heterocycles. The second kappa shape index (κ2) is 9.86. The van der Waals surface area contributed by atoms with Gasteiger partial charge in [-0.15, -0.1) is 0 Å². The fourth-order valence-corrected chi connectivity index (χ4v) is 4.57. The predicted octanol–water partition coefficient (Wildman–Crippen LogP) is 3.35. The summed E-state index contributed by atoms with van der Waals surface area (Å²) in [6, 6.07) is 6.75. The number of nitrogens with two attached hydrogens (primary N) is 2. The third kappa shape index (κ3) is 5.67. The Morgan fingerprint density at radius 1 is 1.48 bits per heavy atom. The van der Waals surface area contributed by atoms with E-state index in [0.29, 0.717) is 20.6 Å². The van der Waals surface area contributed by atoms with E-state index in [9.17, 15) is 13.6 Å². The highest BCUT2D eigenvalue weighted by Gasteiger charge is 2.45. The zero-order chi connectivity index (χ0) is 22.6. The number of halogens is 3. The number of amides is 1. The van der Waals surface area contributed by atoms with E-state index in [1.54, 1.807) is 24.3 Å². The maximum atomic E-state index is 13.9. The van der Waals surface area contributed by atoms with Crippen molar-refractivity contribution in [3.8, 4) is 0 Å². The Balaban J connectivity index is 1.87. The molecule has 2 atom stereocenters. The van der Waals surface area contributed by atoms with E-state index in [4.69, 9.17) is 28.0 Å². The van der Waals surface area contributed by atoms with Crippen LogP contribution in [-0.4, -0.2) is 41.5 Å². The van der Waals surface area contributed by atoms with Crippen LogP contribution in [0.2, 0.25) is 4.34 Å². The molecule has 1 aliphatic rings. The van der Waals surface area contributed by atoms with E-state index in [0.717, 1.165) is 11.3 Å². The number of anilines is 1. The quantitative estimate of drug-likeness (QED) is 0.187. The number of alkyl halides is 2. The summed E-state index contributed by atoms with van der Waals surface area (Å²) in [5.41, 5.74) is 1.19. The lowest BCUT2D eigenvalue weighted by Gasteiger charge is -2.24. The molecule has 1 aromatic heterocycles. The average Bonchev–Trinajstić information content (AvgIpc) is 3.28. The minimum absolute atomic E-state index is 0.0658. The van der Waals surface area contributed by atoms with Crippen LogP contribution in [0.5, 0.6) is 0 Å². The number of nitrogens with zero attached hydrogens (tertiary/aromatic N) is 3. The van der Waals surface area contributed by atoms with Crippen LogP contribution in [-0.2, 0) is 9.53 Å². The molecule has 1 fully saturated rings. The molecule has 2 aromatic rings. The topological polar surface area (TPSA) is 119 Å². The zero-order valence-corrected chi connectivity index (χ0v) is 18.3. The standard InChI is InChI=1S/C19H23ClF2N6O2S/c1-30-10-28(24)16(27-23)12-4-2-11(3-5-12)15(13-6-7-19(21,22)8-13)17(29)26-18-25-9-14(20)31-18/h2-5,9,13,15H,6-8,10,23-24H2,1H3,(H,25,26,29)/b27-16-. The molecule has 1 amide bonds. The van der Waals surface area contributed by atoms with Gasteiger partial charge in [0.2, 0.25) is 11.8 Å². The van der Waals surface area contributed by atoms with Gasteiger partial charge < -0.3 is 15.9 Å². The second-order valence-electron chi connectivity index (χ2n) is 7.26. The molecule has 168 valence electrons. The van der Waals surface area contributed by atoms with Crippen molar-refractivity contribution in [3.05, 3.63) is 45.9 Å². The highest BCUT2D eigenvalue weighted by Crippen LogP contribution is 2.46. The number of nitrogens with one attached hydrogen (secondary N) is 1. The molecule has 0 aliphatic heterocycles. The third-order valence-corrected chi connectivity index (χ3v) is 6.12. The lowest BCUT2D eigenvalue weighted by Crippen LogP contribution is -2.40. The van der Waals surface area contributed by atoms with Crippen molar-refractivity contribution < 1.29 is 18.3 Å². The number of rotatable bonds is 7. The number of hydrazone groups is 1. The molecule has 3 rings (SSSR count). The van der Waals surface area contributed by atoms with Gasteiger partial charge in [0.25, 0.3) is 0 Å². The van der Waals surface area contributed by atoms with Gasteiger partial charge in [-0.2, -0.15) is 5.10 Å². The fraction of sp³-hybridized carbons (Fsp3) is 0.421. The molecule has 31 heavy (non-hydrogen) atoms. The minimum Gasteiger partial charge on any atom is -0.363 e. The van der Waals surface area contributed by atoms with Crippen molar-refractivity contribution in [1.82, 2.24) is 9.99 Å². The number of methoxy groups -OCH3 is 1. The predicted molar refractivity (Wildman–Crippen MR) is 116 cm³/mol. The number of aromatic nitrogens is 1. The van der Waals surface area contributed by atoms with Gasteiger partial charge in [0.1, 0.15) is 11.1 Å². The SMILES string of the molecule is COCN(N)/C(=N\N)c1ccc(C(C(=O)Nc2ncc(Cl)s2)C2CCC(F)(F)C2)cc1. The summed E-state index contributed by atoms with van der Waals surface area (Å²) < 4.78 is 33.2. The Morgan fingerprint density at radius 2 is 2.19 bits per heavy atom. The molecular formula is C19H23ClF2N6O2S. The highest BCUT2D eigenvalue weighted by atomic mass is 35.5. The van der Waals surface area contributed by atoms with E-state index < -0.39 is 23.7 Å². The van der Waals surface area contributed by atoms with Gasteiger partial charge >= 0.3 is 0 Å². The molecule has 5 N–H and O–H groups in total. The number of thiazole rings is 1. The first kappa shape index (κ1) is 23.3. The number of amidine groups is 1. The van der Waals surface area contributed by atoms with Gasteiger partial charge in [-0.25, -0.2) is 19.6 Å². The van der Waals surface area contributed by atoms with E-state index in [1.807, 2.05) is 0 Å². The Bertz CT molecular complexity index is 940. The van der Waals surface area contributed by atoms with Gasteiger partial charge in [-0.05, 0) is 17.9 Å². The van der Waals surface area contributed by atoms with Crippen molar-refractivity contribution >= 4 is 39.8 Å². The van der Waals surface area contributed by atoms with Crippen molar-refractivity contribution in [3.63, 3.8) is 0 Å². The smallest absolute Gasteiger partial charge is 0.248 e. The maximum absolute atomic E-state index is 13.9. The van der Waals surface area contributed by atoms with Gasteiger partial charge in [0.05, 0.1) is 12.1 Å². The lowest BCUT2D eigenvalue weighted by molar-refractivity contribution is -0.118. The number of hydrogen-bond acceptors (Lipinski definition) is 7. The summed E-state index contributed by atoms with van der Waals surface area (Å²) in [6.07, 6.45) is 1.06. The second-order valence-corrected chi connectivity index (χ2v) is 8.92. The molecule has 1 aliphatic carbocycles. The van der Waals surface area contributed by atoms with Crippen molar-refractivity contribution in [2.75, 3.05) is 19.2 Å². The monoisotopic (exact) mass is 472 g/mol. The normalized spacial score (nSPS) is 19.3. The van der Waals surface area contributed by atoms with Crippen LogP contribution in [0.1, 0.15) is 36.3 Å². The summed E-state index contributed by atoms with van der Waals surface area (Å²) in [5, 5.41) is 7.92. The largest absolute Gasteiger partial charge is 0.363 e. The number of carbonyl (C=O) groups excluding carboxylic acids is 1. The van der Waals surface area contributed by atoms with Crippen molar-refractivity contribution in [2.24, 2.45) is 22.7 Å². The minimum atomic E-state index is -2.78. The van der Waals surface area contributed by atoms with E-state index in [-0.39, 0.29) is 31.8 Å². The number of benzene rings is 1. The zero-order valence-electron chi connectivity index (χ0n) is 16.7. The van der Waals surface area contributed by atoms with Crippen LogP contribution in [0.15, 0.2) is 35.6 Å². The van der Waals surface area contributed by atoms with Crippen molar-refractivity contribution in [2.45, 2.75) is 31.1 Å². The first-order chi connectivity index (χ1) is 14.7. The number of hydrogen-bond donors (Lipinski definition) is 3. The summed E-state index contributed by atoms with van der Waals surface area (Å²) in [5.74, 6) is 7.10. The summed E-state index contributed by atoms with van der Waals surface area (Å²) in [7, 11) is 1.48. The maximum Gasteiger partial charge on any atom is 0.248 e. The van der Waals surface area contributed by atoms with Gasteiger partial charge in [0.15, 0.2) is 11.0 Å². The molecule has 2 unspecified atom stereocenters. The molecule has 1 heterocycles. The third-order valence-electron chi connectivity index (χ3n) is 5.09.